The molecule has 4 atom stereocenters. The Labute approximate surface area is 479 Å². The predicted octanol–water partition coefficient (Wildman–Crippen LogP) is 19.4. The van der Waals surface area contributed by atoms with Gasteiger partial charge in [0.1, 0.15) is 0 Å². The van der Waals surface area contributed by atoms with Gasteiger partial charge in [0.2, 0.25) is 0 Å². The van der Waals surface area contributed by atoms with Crippen LogP contribution in [0.3, 0.4) is 0 Å². The van der Waals surface area contributed by atoms with Gasteiger partial charge in [0.05, 0.1) is 24.0 Å². The summed E-state index contributed by atoms with van der Waals surface area (Å²) in [6.45, 7) is 22.8. The first-order valence-corrected chi connectivity index (χ1v) is 32.6. The van der Waals surface area contributed by atoms with Crippen molar-refractivity contribution >= 4 is 35.8 Å². The van der Waals surface area contributed by atoms with Crippen LogP contribution >= 0.6 is 0 Å². The van der Waals surface area contributed by atoms with Crippen molar-refractivity contribution in [3.05, 3.63) is 0 Å². The quantitative estimate of drug-likeness (QED) is 0.0332. The molecule has 4 unspecified atom stereocenters. The molecule has 0 saturated heterocycles. The maximum Gasteiger partial charge on any atom is 0.309 e. The molecule has 0 aliphatic heterocycles. The Balaban J connectivity index is -0.00000108. The number of carbonyl (C=O) groups is 6. The van der Waals surface area contributed by atoms with E-state index in [0.717, 1.165) is 128 Å². The topological polar surface area (TPSA) is 202 Å². The zero-order chi connectivity index (χ0) is 59.3. The van der Waals surface area contributed by atoms with E-state index in [1.165, 1.54) is 51.4 Å². The van der Waals surface area contributed by atoms with Gasteiger partial charge < -0.3 is 29.9 Å². The summed E-state index contributed by atoms with van der Waals surface area (Å²) in [5.41, 5.74) is -1.53. The van der Waals surface area contributed by atoms with Gasteiger partial charge >= 0.3 is 35.8 Å². The SMILES string of the molecule is CCCCC(CC)CC(CCCC(=O)O)(CC(CC)CCCC)C(=O)O.CCCCC(CC)CC(CCCC(=O)O)(CC(CC)CCCC)C(=O)O.CCCCCCCCOC(=O)CCCCC(=O)OCCCCCCCC. The zero-order valence-electron chi connectivity index (χ0n) is 52.5. The van der Waals surface area contributed by atoms with Gasteiger partial charge in [-0.25, -0.2) is 0 Å². The third-order valence-electron chi connectivity index (χ3n) is 16.4. The van der Waals surface area contributed by atoms with E-state index in [0.29, 0.717) is 114 Å². The molecule has 0 aromatic heterocycles. The monoisotopic (exact) mass is 1110 g/mol. The second-order valence-corrected chi connectivity index (χ2v) is 23.3. The first kappa shape index (κ1) is 79.0. The van der Waals surface area contributed by atoms with Crippen LogP contribution in [0.15, 0.2) is 0 Å². The second kappa shape index (κ2) is 54.4. The van der Waals surface area contributed by atoms with Gasteiger partial charge in [0.25, 0.3) is 0 Å². The highest BCUT2D eigenvalue weighted by atomic mass is 16.5. The number of ether oxygens (including phenoxy) is 2. The molecule has 0 rings (SSSR count). The maximum absolute atomic E-state index is 12.4. The summed E-state index contributed by atoms with van der Waals surface area (Å²) in [6.07, 6.45) is 38.6. The third-order valence-corrected chi connectivity index (χ3v) is 16.4. The summed E-state index contributed by atoms with van der Waals surface area (Å²) >= 11 is 0. The van der Waals surface area contributed by atoms with Gasteiger partial charge in [-0.05, 0) is 101 Å². The molecule has 4 N–H and O–H groups in total. The third kappa shape index (κ3) is 44.6. The molecule has 0 radical (unpaired) electrons. The molecular weight excluding hydrogens is 985 g/mol. The Kier molecular flexibility index (Phi) is 55.1. The summed E-state index contributed by atoms with van der Waals surface area (Å²) in [5, 5.41) is 38.3. The molecule has 462 valence electrons. The van der Waals surface area contributed by atoms with Crippen LogP contribution < -0.4 is 0 Å². The summed E-state index contributed by atoms with van der Waals surface area (Å²) in [6, 6.07) is 0. The van der Waals surface area contributed by atoms with Crippen LogP contribution in [0.25, 0.3) is 0 Å². The van der Waals surface area contributed by atoms with Crippen LogP contribution in [-0.4, -0.2) is 69.5 Å². The minimum absolute atomic E-state index is 0.0620. The van der Waals surface area contributed by atoms with Crippen LogP contribution in [-0.2, 0) is 38.2 Å². The molecule has 0 aliphatic rings. The molecule has 0 heterocycles. The van der Waals surface area contributed by atoms with E-state index in [9.17, 15) is 39.0 Å². The fraction of sp³-hybridized carbons (Fsp3) is 0.909. The van der Waals surface area contributed by atoms with Crippen molar-refractivity contribution in [1.29, 1.82) is 0 Å². The Bertz CT molecular complexity index is 1300. The average Bonchev–Trinajstić information content (AvgIpc) is 3.41. The van der Waals surface area contributed by atoms with Gasteiger partial charge in [-0.3, -0.25) is 28.8 Å². The molecule has 0 spiro atoms. The van der Waals surface area contributed by atoms with E-state index in [1.54, 1.807) is 0 Å². The van der Waals surface area contributed by atoms with Crippen molar-refractivity contribution in [2.45, 2.75) is 339 Å². The lowest BCUT2D eigenvalue weighted by Gasteiger charge is -2.36. The Morgan fingerprint density at radius 1 is 0.321 bits per heavy atom. The molecule has 0 fully saturated rings. The predicted molar refractivity (Wildman–Crippen MR) is 322 cm³/mol. The number of hydrogen-bond acceptors (Lipinski definition) is 8. The van der Waals surface area contributed by atoms with Crippen molar-refractivity contribution in [2.24, 2.45) is 34.5 Å². The summed E-state index contributed by atoms with van der Waals surface area (Å²) < 4.78 is 10.4. The molecule has 78 heavy (non-hydrogen) atoms. The first-order chi connectivity index (χ1) is 37.4. The highest BCUT2D eigenvalue weighted by Gasteiger charge is 2.42. The van der Waals surface area contributed by atoms with Gasteiger partial charge in [-0.2, -0.15) is 0 Å². The van der Waals surface area contributed by atoms with E-state index >= 15 is 0 Å². The first-order valence-electron chi connectivity index (χ1n) is 32.6. The average molecular weight is 1110 g/mol. The smallest absolute Gasteiger partial charge is 0.309 e. The molecule has 0 aliphatic carbocycles. The molecule has 0 aromatic carbocycles. The second-order valence-electron chi connectivity index (χ2n) is 23.3. The molecule has 0 saturated carbocycles. The molecular formula is C66H126O12. The van der Waals surface area contributed by atoms with Gasteiger partial charge in [-0.15, -0.1) is 0 Å². The fourth-order valence-corrected chi connectivity index (χ4v) is 11.1. The highest BCUT2D eigenvalue weighted by Crippen LogP contribution is 2.44. The lowest BCUT2D eigenvalue weighted by molar-refractivity contribution is -0.153. The number of unbranched alkanes of at least 4 members (excludes halogenated alkanes) is 15. The molecule has 0 aromatic rings. The van der Waals surface area contributed by atoms with E-state index in [4.69, 9.17) is 19.7 Å². The van der Waals surface area contributed by atoms with Crippen LogP contribution in [0.5, 0.6) is 0 Å². The minimum Gasteiger partial charge on any atom is -0.481 e. The van der Waals surface area contributed by atoms with E-state index in [-0.39, 0.29) is 24.8 Å². The molecule has 0 bridgehead atoms. The van der Waals surface area contributed by atoms with Crippen molar-refractivity contribution in [1.82, 2.24) is 0 Å². The minimum atomic E-state index is -0.833. The summed E-state index contributed by atoms with van der Waals surface area (Å²) in [7, 11) is 0. The largest absolute Gasteiger partial charge is 0.481 e. The summed E-state index contributed by atoms with van der Waals surface area (Å²) in [5.74, 6) is -1.71. The van der Waals surface area contributed by atoms with Crippen LogP contribution in [0.2, 0.25) is 0 Å². The Morgan fingerprint density at radius 3 is 0.808 bits per heavy atom. The standard InChI is InChI=1S/3C22H42O4/c2*1-5-9-12-18(7-3)16-22(21(25)26,15-11-14-20(23)24)17-19(8-4)13-10-6-2;1-3-5-7-9-11-15-19-25-21(23)17-13-14-18-22(24)26-20-16-12-10-8-6-4-2/h2*18-19H,5-17H2,1-4H3,(H,23,24)(H,25,26);3-20H2,1-2H3. The maximum atomic E-state index is 12.4. The fourth-order valence-electron chi connectivity index (χ4n) is 11.1. The van der Waals surface area contributed by atoms with Crippen molar-refractivity contribution in [3.63, 3.8) is 0 Å². The van der Waals surface area contributed by atoms with Gasteiger partial charge in [-0.1, -0.05) is 236 Å². The number of carbonyl (C=O) groups excluding carboxylic acids is 2. The van der Waals surface area contributed by atoms with Gasteiger partial charge in [0, 0.05) is 25.7 Å². The Morgan fingerprint density at radius 2 is 0.577 bits per heavy atom. The number of hydrogen-bond donors (Lipinski definition) is 4. The highest BCUT2D eigenvalue weighted by molar-refractivity contribution is 5.75. The lowest BCUT2D eigenvalue weighted by Crippen LogP contribution is -2.36. The van der Waals surface area contributed by atoms with Crippen LogP contribution in [0.4, 0.5) is 0 Å². The van der Waals surface area contributed by atoms with Crippen LogP contribution in [0.1, 0.15) is 339 Å². The van der Waals surface area contributed by atoms with Crippen molar-refractivity contribution in [3.8, 4) is 0 Å². The molecule has 12 heteroatoms. The van der Waals surface area contributed by atoms with E-state index < -0.39 is 34.7 Å². The number of esters is 2. The lowest BCUT2D eigenvalue weighted by atomic mass is 9.68. The number of carboxylic acid groups (broad SMARTS) is 4. The molecule has 12 nitrogen and oxygen atoms in total. The normalized spacial score (nSPS) is 14.2. The number of rotatable bonds is 53. The van der Waals surface area contributed by atoms with E-state index in [2.05, 4.69) is 69.2 Å². The van der Waals surface area contributed by atoms with E-state index in [1.807, 2.05) is 0 Å². The zero-order valence-corrected chi connectivity index (χ0v) is 52.5. The van der Waals surface area contributed by atoms with Crippen molar-refractivity contribution in [2.75, 3.05) is 13.2 Å². The number of aliphatic carboxylic acids is 4. The van der Waals surface area contributed by atoms with Gasteiger partial charge in [0.15, 0.2) is 0 Å². The molecule has 0 amide bonds. The number of carboxylic acids is 4. The Hall–Kier alpha value is -3.18. The van der Waals surface area contributed by atoms with Crippen LogP contribution in [0, 0.1) is 34.5 Å². The van der Waals surface area contributed by atoms with Crippen molar-refractivity contribution < 1.29 is 58.7 Å². The summed E-state index contributed by atoms with van der Waals surface area (Å²) in [4.78, 5) is 69.9.